The molecule has 21 heavy (non-hydrogen) atoms. The fraction of sp³-hybridized carbons (Fsp3) is 0.500. The van der Waals surface area contributed by atoms with E-state index in [2.05, 4.69) is 70.3 Å². The van der Waals surface area contributed by atoms with Crippen LogP contribution in [0.1, 0.15) is 65.0 Å². The number of hydrogen-bond donors (Lipinski definition) is 1. The van der Waals surface area contributed by atoms with Gasteiger partial charge in [-0.05, 0) is 69.4 Å². The maximum Gasteiger partial charge on any atom is 0.0383 e. The van der Waals surface area contributed by atoms with Gasteiger partial charge in [0.25, 0.3) is 0 Å². The molecule has 1 aromatic carbocycles. The molecule has 1 nitrogen and oxygen atoms in total. The standard InChI is InChI=1S/C20H29N/c1-6-7-12-21-20(4,5)19-11-9-8-10-17(19)18-14-15(2)13-16(18)3/h8-11,13,21H,6-7,12,14H2,1-5H3. The van der Waals surface area contributed by atoms with Crippen molar-refractivity contribution < 1.29 is 0 Å². The van der Waals surface area contributed by atoms with E-state index in [-0.39, 0.29) is 5.54 Å². The number of rotatable bonds is 6. The van der Waals surface area contributed by atoms with E-state index >= 15 is 0 Å². The van der Waals surface area contributed by atoms with Gasteiger partial charge >= 0.3 is 0 Å². The van der Waals surface area contributed by atoms with Crippen molar-refractivity contribution in [3.8, 4) is 0 Å². The van der Waals surface area contributed by atoms with Crippen molar-refractivity contribution in [3.05, 3.63) is 52.6 Å². The lowest BCUT2D eigenvalue weighted by Crippen LogP contribution is -2.37. The van der Waals surface area contributed by atoms with Crippen LogP contribution in [0.4, 0.5) is 0 Å². The predicted octanol–water partition coefficient (Wildman–Crippen LogP) is 5.43. The first-order valence-corrected chi connectivity index (χ1v) is 8.17. The van der Waals surface area contributed by atoms with Crippen LogP contribution in [0.15, 0.2) is 41.5 Å². The molecular formula is C20H29N. The Kier molecular flexibility index (Phi) is 5.05. The molecule has 0 saturated heterocycles. The van der Waals surface area contributed by atoms with Crippen molar-refractivity contribution in [2.75, 3.05) is 6.54 Å². The van der Waals surface area contributed by atoms with Gasteiger partial charge in [0.2, 0.25) is 0 Å². The maximum absolute atomic E-state index is 3.73. The highest BCUT2D eigenvalue weighted by molar-refractivity contribution is 5.78. The lowest BCUT2D eigenvalue weighted by atomic mass is 9.85. The van der Waals surface area contributed by atoms with Crippen LogP contribution in [0.3, 0.4) is 0 Å². The van der Waals surface area contributed by atoms with Crippen LogP contribution in [0, 0.1) is 0 Å². The molecule has 0 aromatic heterocycles. The van der Waals surface area contributed by atoms with Gasteiger partial charge in [0, 0.05) is 5.54 Å². The molecule has 0 fully saturated rings. The molecule has 1 aliphatic carbocycles. The highest BCUT2D eigenvalue weighted by Gasteiger charge is 2.25. The summed E-state index contributed by atoms with van der Waals surface area (Å²) in [4.78, 5) is 0. The van der Waals surface area contributed by atoms with Gasteiger partial charge in [-0.1, -0.05) is 49.3 Å². The average molecular weight is 283 g/mol. The molecule has 0 unspecified atom stereocenters. The van der Waals surface area contributed by atoms with Gasteiger partial charge in [0.1, 0.15) is 0 Å². The molecule has 0 amide bonds. The molecule has 0 bridgehead atoms. The van der Waals surface area contributed by atoms with Crippen LogP contribution in [-0.4, -0.2) is 6.54 Å². The zero-order valence-corrected chi connectivity index (χ0v) is 14.2. The molecule has 0 saturated carbocycles. The molecule has 114 valence electrons. The SMILES string of the molecule is CCCCNC(C)(C)c1ccccc1C1=C(C)C=C(C)C1. The summed E-state index contributed by atoms with van der Waals surface area (Å²) in [5.41, 5.74) is 7.22. The van der Waals surface area contributed by atoms with Crippen LogP contribution < -0.4 is 5.32 Å². The van der Waals surface area contributed by atoms with Crippen LogP contribution in [-0.2, 0) is 5.54 Å². The van der Waals surface area contributed by atoms with E-state index in [4.69, 9.17) is 0 Å². The zero-order valence-electron chi connectivity index (χ0n) is 14.2. The number of unbranched alkanes of at least 4 members (excludes halogenated alkanes) is 1. The predicted molar refractivity (Wildman–Crippen MR) is 93.3 cm³/mol. The summed E-state index contributed by atoms with van der Waals surface area (Å²) in [6, 6.07) is 8.88. The third kappa shape index (κ3) is 3.65. The van der Waals surface area contributed by atoms with Gasteiger partial charge in [-0.3, -0.25) is 0 Å². The van der Waals surface area contributed by atoms with Crippen LogP contribution >= 0.6 is 0 Å². The summed E-state index contributed by atoms with van der Waals surface area (Å²) in [5, 5.41) is 3.73. The molecule has 1 N–H and O–H groups in total. The van der Waals surface area contributed by atoms with Crippen molar-refractivity contribution >= 4 is 5.57 Å². The maximum atomic E-state index is 3.73. The Morgan fingerprint density at radius 1 is 1.14 bits per heavy atom. The Labute approximate surface area is 130 Å². The Morgan fingerprint density at radius 2 is 1.86 bits per heavy atom. The van der Waals surface area contributed by atoms with Gasteiger partial charge in [-0.15, -0.1) is 0 Å². The highest BCUT2D eigenvalue weighted by atomic mass is 14.9. The number of benzene rings is 1. The summed E-state index contributed by atoms with van der Waals surface area (Å²) < 4.78 is 0. The fourth-order valence-corrected chi connectivity index (χ4v) is 3.20. The van der Waals surface area contributed by atoms with Gasteiger partial charge in [0.05, 0.1) is 0 Å². The van der Waals surface area contributed by atoms with Crippen molar-refractivity contribution in [2.24, 2.45) is 0 Å². The smallest absolute Gasteiger partial charge is 0.0383 e. The third-order valence-corrected chi connectivity index (χ3v) is 4.42. The molecule has 1 aromatic rings. The zero-order chi connectivity index (χ0) is 15.5. The van der Waals surface area contributed by atoms with E-state index in [9.17, 15) is 0 Å². The molecule has 2 rings (SSSR count). The topological polar surface area (TPSA) is 12.0 Å². The number of nitrogens with one attached hydrogen (secondary N) is 1. The second-order valence-electron chi connectivity index (χ2n) is 6.78. The number of allylic oxidation sites excluding steroid dienone is 4. The minimum atomic E-state index is 0.00946. The van der Waals surface area contributed by atoms with E-state index in [0.29, 0.717) is 0 Å². The van der Waals surface area contributed by atoms with Gasteiger partial charge in [-0.25, -0.2) is 0 Å². The van der Waals surface area contributed by atoms with Crippen LogP contribution in [0.5, 0.6) is 0 Å². The third-order valence-electron chi connectivity index (χ3n) is 4.42. The van der Waals surface area contributed by atoms with E-state index < -0.39 is 0 Å². The van der Waals surface area contributed by atoms with Gasteiger partial charge < -0.3 is 5.32 Å². The first-order valence-electron chi connectivity index (χ1n) is 8.17. The van der Waals surface area contributed by atoms with Crippen molar-refractivity contribution in [3.63, 3.8) is 0 Å². The monoisotopic (exact) mass is 283 g/mol. The van der Waals surface area contributed by atoms with Gasteiger partial charge in [0.15, 0.2) is 0 Å². The Hall–Kier alpha value is -1.34. The van der Waals surface area contributed by atoms with Crippen molar-refractivity contribution in [2.45, 2.75) is 59.4 Å². The largest absolute Gasteiger partial charge is 0.308 e. The summed E-state index contributed by atoms with van der Waals surface area (Å²) in [7, 11) is 0. The summed E-state index contributed by atoms with van der Waals surface area (Å²) in [5.74, 6) is 0. The second-order valence-corrected chi connectivity index (χ2v) is 6.78. The minimum absolute atomic E-state index is 0.00946. The normalized spacial score (nSPS) is 15.6. The highest BCUT2D eigenvalue weighted by Crippen LogP contribution is 2.37. The Morgan fingerprint density at radius 3 is 2.48 bits per heavy atom. The molecule has 0 radical (unpaired) electrons. The van der Waals surface area contributed by atoms with E-state index in [1.165, 1.54) is 40.7 Å². The Balaban J connectivity index is 2.32. The molecule has 0 spiro atoms. The first-order chi connectivity index (χ1) is 9.95. The average Bonchev–Trinajstić information content (AvgIpc) is 2.78. The van der Waals surface area contributed by atoms with Gasteiger partial charge in [-0.2, -0.15) is 0 Å². The molecule has 1 heteroatoms. The second kappa shape index (κ2) is 6.62. The van der Waals surface area contributed by atoms with E-state index in [1.807, 2.05) is 0 Å². The van der Waals surface area contributed by atoms with Crippen molar-refractivity contribution in [1.29, 1.82) is 0 Å². The van der Waals surface area contributed by atoms with Crippen molar-refractivity contribution in [1.82, 2.24) is 5.32 Å². The fourth-order valence-electron chi connectivity index (χ4n) is 3.20. The van der Waals surface area contributed by atoms with E-state index in [0.717, 1.165) is 13.0 Å². The molecule has 0 atom stereocenters. The molecular weight excluding hydrogens is 254 g/mol. The summed E-state index contributed by atoms with van der Waals surface area (Å²) in [6.07, 6.45) is 5.88. The minimum Gasteiger partial charge on any atom is -0.308 e. The quantitative estimate of drug-likeness (QED) is 0.686. The summed E-state index contributed by atoms with van der Waals surface area (Å²) in [6.45, 7) is 12.4. The lowest BCUT2D eigenvalue weighted by Gasteiger charge is -2.30. The van der Waals surface area contributed by atoms with E-state index in [1.54, 1.807) is 0 Å². The molecule has 0 aliphatic heterocycles. The van der Waals surface area contributed by atoms with Crippen LogP contribution in [0.25, 0.3) is 5.57 Å². The molecule has 1 aliphatic rings. The molecule has 0 heterocycles. The van der Waals surface area contributed by atoms with Crippen LogP contribution in [0.2, 0.25) is 0 Å². The number of hydrogen-bond acceptors (Lipinski definition) is 1. The summed E-state index contributed by atoms with van der Waals surface area (Å²) >= 11 is 0. The Bertz CT molecular complexity index is 561. The lowest BCUT2D eigenvalue weighted by molar-refractivity contribution is 0.398. The first kappa shape index (κ1) is 16.0.